The number of aliphatic hydroxyl groups excluding tert-OH is 1. The number of likely N-dealkylation sites (tertiary alicyclic amines) is 1. The number of hydrogen-bond donors (Lipinski definition) is 1. The molecule has 1 aromatic rings. The Bertz CT molecular complexity index is 435. The molecule has 6 heteroatoms. The summed E-state index contributed by atoms with van der Waals surface area (Å²) in [4.78, 5) is 12.4. The molecule has 1 heterocycles. The molecule has 1 aliphatic rings. The molecule has 20 heavy (non-hydrogen) atoms. The number of benzene rings is 1. The number of hydrogen-bond acceptors (Lipinski definition) is 5. The van der Waals surface area contributed by atoms with Crippen LogP contribution in [0.3, 0.4) is 0 Å². The normalized spacial score (nSPS) is 19.1. The van der Waals surface area contributed by atoms with Crippen LogP contribution in [0.1, 0.15) is 19.3 Å². The first kappa shape index (κ1) is 14.7. The Morgan fingerprint density at radius 3 is 2.80 bits per heavy atom. The van der Waals surface area contributed by atoms with Crippen molar-refractivity contribution in [2.45, 2.75) is 25.3 Å². The van der Waals surface area contributed by atoms with Crippen LogP contribution in [0.25, 0.3) is 0 Å². The molecule has 0 bridgehead atoms. The van der Waals surface area contributed by atoms with Gasteiger partial charge >= 0.3 is 0 Å². The average molecular weight is 280 g/mol. The van der Waals surface area contributed by atoms with Crippen LogP contribution in [0, 0.1) is 10.1 Å². The second kappa shape index (κ2) is 7.21. The number of non-ortho nitro benzene ring substituents is 1. The van der Waals surface area contributed by atoms with Gasteiger partial charge in [-0.1, -0.05) is 0 Å². The maximum atomic E-state index is 10.5. The molecule has 0 aromatic heterocycles. The molecule has 0 aliphatic carbocycles. The second-order valence-electron chi connectivity index (χ2n) is 4.97. The highest BCUT2D eigenvalue weighted by molar-refractivity contribution is 5.35. The number of nitro benzene ring substituents is 1. The third kappa shape index (κ3) is 3.91. The first-order chi connectivity index (χ1) is 9.70. The molecule has 1 aliphatic heterocycles. The fourth-order valence-corrected chi connectivity index (χ4v) is 2.52. The van der Waals surface area contributed by atoms with Crippen molar-refractivity contribution >= 4 is 5.69 Å². The summed E-state index contributed by atoms with van der Waals surface area (Å²) in [6.45, 7) is 2.76. The fraction of sp³-hybridized carbons (Fsp3) is 0.571. The van der Waals surface area contributed by atoms with Crippen molar-refractivity contribution in [3.05, 3.63) is 34.4 Å². The summed E-state index contributed by atoms with van der Waals surface area (Å²) in [5.74, 6) is 0.649. The summed E-state index contributed by atoms with van der Waals surface area (Å²) >= 11 is 0. The van der Waals surface area contributed by atoms with Gasteiger partial charge in [-0.05, 0) is 37.9 Å². The van der Waals surface area contributed by atoms with Crippen molar-refractivity contribution < 1.29 is 14.8 Å². The molecule has 1 fully saturated rings. The van der Waals surface area contributed by atoms with Crippen LogP contribution in [0.15, 0.2) is 24.3 Å². The predicted molar refractivity (Wildman–Crippen MR) is 74.9 cm³/mol. The largest absolute Gasteiger partial charge is 0.494 e. The molecule has 0 amide bonds. The standard InChI is InChI=1S/C14H20N2O4/c17-11-13-3-1-8-15(13)9-2-10-20-14-6-4-12(5-7-14)16(18)19/h4-7,13,17H,1-3,8-11H2/t13-/m1/s1. The van der Waals surface area contributed by atoms with E-state index in [1.165, 1.54) is 12.1 Å². The van der Waals surface area contributed by atoms with Crippen molar-refractivity contribution in [3.8, 4) is 5.75 Å². The van der Waals surface area contributed by atoms with Crippen molar-refractivity contribution in [1.29, 1.82) is 0 Å². The molecule has 6 nitrogen and oxygen atoms in total. The third-order valence-corrected chi connectivity index (χ3v) is 3.62. The summed E-state index contributed by atoms with van der Waals surface area (Å²) in [5.41, 5.74) is 0.0696. The number of nitrogens with zero attached hydrogens (tertiary/aromatic N) is 2. The number of rotatable bonds is 7. The monoisotopic (exact) mass is 280 g/mol. The van der Waals surface area contributed by atoms with Gasteiger partial charge in [-0.2, -0.15) is 0 Å². The van der Waals surface area contributed by atoms with Gasteiger partial charge in [0.1, 0.15) is 5.75 Å². The number of ether oxygens (including phenoxy) is 1. The van der Waals surface area contributed by atoms with Crippen LogP contribution in [-0.2, 0) is 0 Å². The lowest BCUT2D eigenvalue weighted by Crippen LogP contribution is -2.33. The quantitative estimate of drug-likeness (QED) is 0.468. The minimum atomic E-state index is -0.424. The lowest BCUT2D eigenvalue weighted by Gasteiger charge is -2.22. The van der Waals surface area contributed by atoms with E-state index in [0.717, 1.165) is 32.4 Å². The van der Waals surface area contributed by atoms with E-state index in [9.17, 15) is 15.2 Å². The predicted octanol–water partition coefficient (Wildman–Crippen LogP) is 1.82. The Morgan fingerprint density at radius 2 is 2.15 bits per heavy atom. The molecule has 1 N–H and O–H groups in total. The molecular formula is C14H20N2O4. The summed E-state index contributed by atoms with van der Waals surface area (Å²) in [5, 5.41) is 19.7. The molecule has 110 valence electrons. The first-order valence-corrected chi connectivity index (χ1v) is 6.93. The summed E-state index contributed by atoms with van der Waals surface area (Å²) in [6.07, 6.45) is 3.10. The van der Waals surface area contributed by atoms with E-state index in [-0.39, 0.29) is 12.3 Å². The molecule has 2 rings (SSSR count). The second-order valence-corrected chi connectivity index (χ2v) is 4.97. The zero-order valence-electron chi connectivity index (χ0n) is 11.4. The summed E-state index contributed by atoms with van der Waals surface area (Å²) in [6, 6.07) is 6.42. The van der Waals surface area contributed by atoms with Gasteiger partial charge in [0.15, 0.2) is 0 Å². The molecule has 1 saturated heterocycles. The van der Waals surface area contributed by atoms with E-state index in [1.807, 2.05) is 0 Å². The third-order valence-electron chi connectivity index (χ3n) is 3.62. The minimum absolute atomic E-state index is 0.0696. The SMILES string of the molecule is O=[N+]([O-])c1ccc(OCCCN2CCC[C@@H]2CO)cc1. The smallest absolute Gasteiger partial charge is 0.269 e. The van der Waals surface area contributed by atoms with E-state index >= 15 is 0 Å². The zero-order valence-corrected chi connectivity index (χ0v) is 11.4. The highest BCUT2D eigenvalue weighted by atomic mass is 16.6. The number of aliphatic hydroxyl groups is 1. The molecular weight excluding hydrogens is 260 g/mol. The molecule has 0 spiro atoms. The van der Waals surface area contributed by atoms with E-state index in [4.69, 9.17) is 4.74 Å². The Morgan fingerprint density at radius 1 is 1.40 bits per heavy atom. The topological polar surface area (TPSA) is 75.8 Å². The summed E-state index contributed by atoms with van der Waals surface area (Å²) < 4.78 is 5.56. The van der Waals surface area contributed by atoms with Gasteiger partial charge < -0.3 is 9.84 Å². The van der Waals surface area contributed by atoms with Gasteiger partial charge in [0.25, 0.3) is 5.69 Å². The minimum Gasteiger partial charge on any atom is -0.494 e. The maximum Gasteiger partial charge on any atom is 0.269 e. The average Bonchev–Trinajstić information content (AvgIpc) is 2.91. The summed E-state index contributed by atoms with van der Waals surface area (Å²) in [7, 11) is 0. The maximum absolute atomic E-state index is 10.5. The van der Waals surface area contributed by atoms with Crippen molar-refractivity contribution in [2.75, 3.05) is 26.3 Å². The molecule has 0 radical (unpaired) electrons. The van der Waals surface area contributed by atoms with Crippen LogP contribution in [0.4, 0.5) is 5.69 Å². The van der Waals surface area contributed by atoms with Gasteiger partial charge in [0, 0.05) is 24.7 Å². The van der Waals surface area contributed by atoms with E-state index in [1.54, 1.807) is 12.1 Å². The lowest BCUT2D eigenvalue weighted by molar-refractivity contribution is -0.384. The highest BCUT2D eigenvalue weighted by Gasteiger charge is 2.22. The van der Waals surface area contributed by atoms with E-state index in [0.29, 0.717) is 18.4 Å². The van der Waals surface area contributed by atoms with Gasteiger partial charge in [0.2, 0.25) is 0 Å². The van der Waals surface area contributed by atoms with Crippen LogP contribution in [0.5, 0.6) is 5.75 Å². The zero-order chi connectivity index (χ0) is 14.4. The molecule has 1 atom stereocenters. The fourth-order valence-electron chi connectivity index (χ4n) is 2.52. The Labute approximate surface area is 118 Å². The lowest BCUT2D eigenvalue weighted by atomic mass is 10.2. The Hall–Kier alpha value is -1.66. The van der Waals surface area contributed by atoms with Gasteiger partial charge in [-0.25, -0.2) is 0 Å². The molecule has 0 saturated carbocycles. The van der Waals surface area contributed by atoms with E-state index < -0.39 is 4.92 Å². The van der Waals surface area contributed by atoms with Crippen LogP contribution < -0.4 is 4.74 Å². The van der Waals surface area contributed by atoms with Crippen molar-refractivity contribution in [2.24, 2.45) is 0 Å². The highest BCUT2D eigenvalue weighted by Crippen LogP contribution is 2.18. The van der Waals surface area contributed by atoms with E-state index in [2.05, 4.69) is 4.90 Å². The van der Waals surface area contributed by atoms with Crippen molar-refractivity contribution in [3.63, 3.8) is 0 Å². The molecule has 1 aromatic carbocycles. The van der Waals surface area contributed by atoms with Gasteiger partial charge in [-0.3, -0.25) is 15.0 Å². The van der Waals surface area contributed by atoms with Crippen LogP contribution >= 0.6 is 0 Å². The Kier molecular flexibility index (Phi) is 5.31. The van der Waals surface area contributed by atoms with Gasteiger partial charge in [0.05, 0.1) is 18.1 Å². The Balaban J connectivity index is 1.69. The first-order valence-electron chi connectivity index (χ1n) is 6.93. The van der Waals surface area contributed by atoms with Crippen molar-refractivity contribution in [1.82, 2.24) is 4.90 Å². The van der Waals surface area contributed by atoms with Crippen LogP contribution in [-0.4, -0.2) is 47.3 Å². The number of nitro groups is 1. The van der Waals surface area contributed by atoms with Crippen LogP contribution in [0.2, 0.25) is 0 Å². The van der Waals surface area contributed by atoms with Gasteiger partial charge in [-0.15, -0.1) is 0 Å². The molecule has 0 unspecified atom stereocenters.